The van der Waals surface area contributed by atoms with Gasteiger partial charge < -0.3 is 10.2 Å². The molecule has 1 atom stereocenters. The maximum atomic E-state index is 3.31. The molecule has 0 aromatic carbocycles. The lowest BCUT2D eigenvalue weighted by Crippen LogP contribution is -2.25. The van der Waals surface area contributed by atoms with Crippen molar-refractivity contribution in [3.63, 3.8) is 0 Å². The average molecular weight is 283 g/mol. The summed E-state index contributed by atoms with van der Waals surface area (Å²) < 4.78 is 0. The van der Waals surface area contributed by atoms with Gasteiger partial charge in [0, 0.05) is 6.54 Å². The van der Waals surface area contributed by atoms with E-state index in [0.717, 1.165) is 5.92 Å². The zero-order chi connectivity index (χ0) is 14.5. The van der Waals surface area contributed by atoms with E-state index in [1.54, 1.807) is 0 Å². The van der Waals surface area contributed by atoms with E-state index in [-0.39, 0.29) is 0 Å². The highest BCUT2D eigenvalue weighted by Crippen LogP contribution is 2.16. The third-order valence-corrected chi connectivity index (χ3v) is 4.69. The molecule has 1 heterocycles. The summed E-state index contributed by atoms with van der Waals surface area (Å²) in [5, 5.41) is 3.31. The van der Waals surface area contributed by atoms with E-state index in [0.29, 0.717) is 0 Å². The number of nitrogens with one attached hydrogen (secondary N) is 1. The first-order valence-corrected chi connectivity index (χ1v) is 9.23. The average Bonchev–Trinajstić information content (AvgIpc) is 2.89. The smallest absolute Gasteiger partial charge is 0.00223 e. The Kier molecular flexibility index (Phi) is 11.4. The van der Waals surface area contributed by atoms with Gasteiger partial charge in [-0.15, -0.1) is 0 Å². The fraction of sp³-hybridized carbons (Fsp3) is 1.00. The third-order valence-electron chi connectivity index (χ3n) is 4.69. The van der Waals surface area contributed by atoms with Gasteiger partial charge in [0.25, 0.3) is 0 Å². The maximum Gasteiger partial charge on any atom is 0.00223 e. The lowest BCUT2D eigenvalue weighted by atomic mass is 10.1. The molecule has 0 amide bonds. The molecule has 0 aromatic heterocycles. The largest absolute Gasteiger partial charge is 0.319 e. The van der Waals surface area contributed by atoms with E-state index >= 15 is 0 Å². The molecule has 120 valence electrons. The first-order chi connectivity index (χ1) is 9.86. The second kappa shape index (κ2) is 12.6. The molecule has 0 spiro atoms. The number of likely N-dealkylation sites (tertiary alicyclic amines) is 1. The molecule has 1 aliphatic rings. The molecule has 0 radical (unpaired) electrons. The molecule has 2 heteroatoms. The minimum Gasteiger partial charge on any atom is -0.319 e. The summed E-state index contributed by atoms with van der Waals surface area (Å²) >= 11 is 0. The fourth-order valence-electron chi connectivity index (χ4n) is 3.39. The van der Waals surface area contributed by atoms with Crippen molar-refractivity contribution in [3.05, 3.63) is 0 Å². The molecule has 1 rings (SSSR count). The van der Waals surface area contributed by atoms with Crippen LogP contribution in [0.2, 0.25) is 0 Å². The summed E-state index contributed by atoms with van der Waals surface area (Å²) in [5.41, 5.74) is 0. The standard InChI is InChI=1S/C18H38N2/c1-3-4-5-6-7-8-9-10-11-12-14-20-15-13-18(17-20)16-19-2/h18-19H,3-17H2,1-2H3. The monoisotopic (exact) mass is 282 g/mol. The first kappa shape index (κ1) is 18.0. The van der Waals surface area contributed by atoms with Gasteiger partial charge >= 0.3 is 0 Å². The van der Waals surface area contributed by atoms with Crippen LogP contribution < -0.4 is 5.32 Å². The Balaban J connectivity index is 1.79. The molecule has 0 aromatic rings. The van der Waals surface area contributed by atoms with Crippen LogP contribution in [0.4, 0.5) is 0 Å². The first-order valence-electron chi connectivity index (χ1n) is 9.23. The number of nitrogens with zero attached hydrogens (tertiary/aromatic N) is 1. The summed E-state index contributed by atoms with van der Waals surface area (Å²) in [7, 11) is 2.07. The van der Waals surface area contributed by atoms with Crippen LogP contribution in [0.15, 0.2) is 0 Å². The second-order valence-electron chi connectivity index (χ2n) is 6.69. The zero-order valence-corrected chi connectivity index (χ0v) is 14.1. The van der Waals surface area contributed by atoms with Gasteiger partial charge in [0.05, 0.1) is 0 Å². The van der Waals surface area contributed by atoms with Gasteiger partial charge in [0.1, 0.15) is 0 Å². The van der Waals surface area contributed by atoms with Gasteiger partial charge in [0.15, 0.2) is 0 Å². The highest BCUT2D eigenvalue weighted by Gasteiger charge is 2.20. The third kappa shape index (κ3) is 8.97. The molecule has 1 aliphatic heterocycles. The van der Waals surface area contributed by atoms with Gasteiger partial charge in [-0.05, 0) is 45.4 Å². The molecule has 0 aliphatic carbocycles. The minimum absolute atomic E-state index is 0.906. The van der Waals surface area contributed by atoms with Crippen molar-refractivity contribution in [2.75, 3.05) is 33.2 Å². The van der Waals surface area contributed by atoms with Crippen LogP contribution in [0.1, 0.15) is 77.6 Å². The SMILES string of the molecule is CCCCCCCCCCCCN1CCC(CNC)C1. The van der Waals surface area contributed by atoms with Crippen molar-refractivity contribution in [3.8, 4) is 0 Å². The van der Waals surface area contributed by atoms with Crippen LogP contribution in [-0.2, 0) is 0 Å². The summed E-state index contributed by atoms with van der Waals surface area (Å²) in [5.74, 6) is 0.906. The molecular formula is C18H38N2. The number of rotatable bonds is 13. The van der Waals surface area contributed by atoms with Crippen molar-refractivity contribution in [2.45, 2.75) is 77.6 Å². The lowest BCUT2D eigenvalue weighted by Gasteiger charge is -2.15. The maximum absolute atomic E-state index is 3.31. The van der Waals surface area contributed by atoms with Gasteiger partial charge in [-0.3, -0.25) is 0 Å². The zero-order valence-electron chi connectivity index (χ0n) is 14.1. The van der Waals surface area contributed by atoms with Crippen LogP contribution in [0.3, 0.4) is 0 Å². The Bertz CT molecular complexity index is 206. The van der Waals surface area contributed by atoms with Crippen molar-refractivity contribution >= 4 is 0 Å². The molecule has 0 saturated carbocycles. The van der Waals surface area contributed by atoms with Gasteiger partial charge in [0.2, 0.25) is 0 Å². The van der Waals surface area contributed by atoms with Gasteiger partial charge in [-0.25, -0.2) is 0 Å². The Morgan fingerprint density at radius 1 is 0.900 bits per heavy atom. The molecular weight excluding hydrogens is 244 g/mol. The minimum atomic E-state index is 0.906. The van der Waals surface area contributed by atoms with Crippen molar-refractivity contribution in [2.24, 2.45) is 5.92 Å². The van der Waals surface area contributed by atoms with Gasteiger partial charge in [-0.1, -0.05) is 64.7 Å². The topological polar surface area (TPSA) is 15.3 Å². The highest BCUT2D eigenvalue weighted by molar-refractivity contribution is 4.76. The Morgan fingerprint density at radius 2 is 1.50 bits per heavy atom. The van der Waals surface area contributed by atoms with Gasteiger partial charge in [-0.2, -0.15) is 0 Å². The molecule has 1 fully saturated rings. The quantitative estimate of drug-likeness (QED) is 0.502. The highest BCUT2D eigenvalue weighted by atomic mass is 15.1. The molecule has 20 heavy (non-hydrogen) atoms. The van der Waals surface area contributed by atoms with E-state index in [4.69, 9.17) is 0 Å². The van der Waals surface area contributed by atoms with Crippen LogP contribution in [-0.4, -0.2) is 38.1 Å². The molecule has 0 bridgehead atoms. The number of hydrogen-bond donors (Lipinski definition) is 1. The van der Waals surface area contributed by atoms with Crippen LogP contribution >= 0.6 is 0 Å². The molecule has 1 N–H and O–H groups in total. The predicted octanol–water partition coefficient (Wildman–Crippen LogP) is 4.45. The summed E-state index contributed by atoms with van der Waals surface area (Å²) in [4.78, 5) is 2.67. The van der Waals surface area contributed by atoms with Crippen LogP contribution in [0.25, 0.3) is 0 Å². The van der Waals surface area contributed by atoms with E-state index in [1.807, 2.05) is 0 Å². The predicted molar refractivity (Wildman–Crippen MR) is 90.3 cm³/mol. The summed E-state index contributed by atoms with van der Waals surface area (Å²) in [6.45, 7) is 7.51. The van der Waals surface area contributed by atoms with Crippen molar-refractivity contribution in [1.29, 1.82) is 0 Å². The van der Waals surface area contributed by atoms with Crippen LogP contribution in [0.5, 0.6) is 0 Å². The van der Waals surface area contributed by atoms with Crippen molar-refractivity contribution in [1.82, 2.24) is 10.2 Å². The summed E-state index contributed by atoms with van der Waals surface area (Å²) in [6, 6.07) is 0. The normalized spacial score (nSPS) is 19.8. The summed E-state index contributed by atoms with van der Waals surface area (Å²) in [6.07, 6.45) is 15.9. The second-order valence-corrected chi connectivity index (χ2v) is 6.69. The van der Waals surface area contributed by atoms with Crippen LogP contribution in [0, 0.1) is 5.92 Å². The Labute approximate surface area is 127 Å². The van der Waals surface area contributed by atoms with E-state index in [1.165, 1.54) is 96.8 Å². The molecule has 1 unspecified atom stereocenters. The van der Waals surface area contributed by atoms with E-state index in [2.05, 4.69) is 24.2 Å². The lowest BCUT2D eigenvalue weighted by molar-refractivity contribution is 0.313. The Morgan fingerprint density at radius 3 is 2.10 bits per heavy atom. The van der Waals surface area contributed by atoms with Crippen molar-refractivity contribution < 1.29 is 0 Å². The fourth-order valence-corrected chi connectivity index (χ4v) is 3.39. The number of hydrogen-bond acceptors (Lipinski definition) is 2. The Hall–Kier alpha value is -0.0800. The molecule has 2 nitrogen and oxygen atoms in total. The van der Waals surface area contributed by atoms with E-state index < -0.39 is 0 Å². The molecule has 1 saturated heterocycles. The van der Waals surface area contributed by atoms with E-state index in [9.17, 15) is 0 Å². The number of unbranched alkanes of at least 4 members (excludes halogenated alkanes) is 9.